The van der Waals surface area contributed by atoms with Gasteiger partial charge in [-0.3, -0.25) is 0 Å². The van der Waals surface area contributed by atoms with Gasteiger partial charge in [-0.25, -0.2) is 24.3 Å². The summed E-state index contributed by atoms with van der Waals surface area (Å²) in [4.78, 5) is 0.349. The van der Waals surface area contributed by atoms with Crippen molar-refractivity contribution in [2.24, 2.45) is 0 Å². The van der Waals surface area contributed by atoms with Gasteiger partial charge in [0, 0.05) is 0 Å². The second-order valence-electron chi connectivity index (χ2n) is 2.92. The minimum Gasteiger partial charge on any atom is -0.214 e. The maximum Gasteiger partial charge on any atom is -0.172 e. The van der Waals surface area contributed by atoms with Crippen molar-refractivity contribution in [2.45, 2.75) is 6.55 Å². The molecule has 14 heavy (non-hydrogen) atoms. The van der Waals surface area contributed by atoms with E-state index in [-0.39, 0.29) is 0 Å². The van der Waals surface area contributed by atoms with E-state index in [1.165, 1.54) is 9.76 Å². The van der Waals surface area contributed by atoms with Crippen molar-refractivity contribution in [1.29, 1.82) is 0 Å². The maximum absolute atomic E-state index is 2.37. The van der Waals surface area contributed by atoms with Crippen LogP contribution in [-0.4, -0.2) is 14.7 Å². The van der Waals surface area contributed by atoms with E-state index < -0.39 is 0 Å². The summed E-state index contributed by atoms with van der Waals surface area (Å²) in [5.41, 5.74) is 0. The van der Waals surface area contributed by atoms with E-state index in [9.17, 15) is 0 Å². The van der Waals surface area contributed by atoms with E-state index in [2.05, 4.69) is 6.55 Å². The van der Waals surface area contributed by atoms with Crippen LogP contribution in [0.5, 0.6) is 0 Å². The maximum atomic E-state index is 2.37. The summed E-state index contributed by atoms with van der Waals surface area (Å²) in [5, 5.41) is 0. The van der Waals surface area contributed by atoms with Crippen LogP contribution in [0.15, 0.2) is 60.7 Å². The molecule has 0 aromatic heterocycles. The molecule has 0 saturated carbocycles. The summed E-state index contributed by atoms with van der Waals surface area (Å²) in [7, 11) is 1.49. The molecule has 0 aliphatic carbocycles. The van der Waals surface area contributed by atoms with Crippen LogP contribution in [0, 0.1) is 0 Å². The fraction of sp³-hybridized carbons (Fsp3) is 0.0909. The van der Waals surface area contributed by atoms with Crippen LogP contribution in [0.1, 0.15) is 0 Å². The molecule has 0 amide bonds. The zero-order valence-corrected chi connectivity index (χ0v) is 14.2. The Morgan fingerprint density at radius 1 is 0.929 bits per heavy atom. The van der Waals surface area contributed by atoms with Crippen LogP contribution in [0.25, 0.3) is 0 Å². The van der Waals surface area contributed by atoms with Gasteiger partial charge in [0.2, 0.25) is 0 Å². The second kappa shape index (κ2) is 11.1. The average Bonchev–Trinajstić information content (AvgIpc) is 2.83. The van der Waals surface area contributed by atoms with E-state index in [1.54, 1.807) is 23.3 Å². The van der Waals surface area contributed by atoms with Gasteiger partial charge in [-0.2, -0.15) is 36.4 Å². The van der Waals surface area contributed by atoms with E-state index in [1.807, 2.05) is 60.7 Å². The first-order chi connectivity index (χ1) is 6.73. The Morgan fingerprint density at radius 2 is 1.14 bits per heavy atom. The van der Waals surface area contributed by atoms with E-state index >= 15 is 0 Å². The molecule has 2 aromatic rings. The Kier molecular flexibility index (Phi) is 11.1. The Bertz CT molecular complexity index is 220. The molecule has 0 spiro atoms. The standard InChI is InChI=1S/2C5H5.CH6Si2.Zr/c2*1-2-4-5-3-1;1-3-2;/h2*1-5H;1-2H3;/q2*-1;;+2. The molecule has 72 valence electrons. The SMILES string of the molecule is C[Si]([SiH3])=[Zr+2].c1cc[cH-]c1.c1cc[cH-]c1. The summed E-state index contributed by atoms with van der Waals surface area (Å²) < 4.78 is 0. The molecule has 0 aliphatic rings. The first kappa shape index (κ1) is 14.0. The Labute approximate surface area is 105 Å². The first-order valence-electron chi connectivity index (χ1n) is 4.58. The zero-order chi connectivity index (χ0) is 10.6. The topological polar surface area (TPSA) is 0 Å². The van der Waals surface area contributed by atoms with Crippen LogP contribution >= 0.6 is 0 Å². The van der Waals surface area contributed by atoms with Crippen LogP contribution in [0.3, 0.4) is 0 Å². The van der Waals surface area contributed by atoms with Crippen molar-refractivity contribution in [1.82, 2.24) is 0 Å². The Morgan fingerprint density at radius 3 is 1.21 bits per heavy atom. The molecule has 2 aromatic carbocycles. The largest absolute Gasteiger partial charge is 0.214 e. The normalized spacial score (nSPS) is 7.93. The summed E-state index contributed by atoms with van der Waals surface area (Å²) in [6.07, 6.45) is 0. The summed E-state index contributed by atoms with van der Waals surface area (Å²) in [5.74, 6) is 0. The van der Waals surface area contributed by atoms with Crippen molar-refractivity contribution in [2.75, 3.05) is 0 Å². The smallest absolute Gasteiger partial charge is 0.172 e. The zero-order valence-electron chi connectivity index (χ0n) is 8.77. The summed E-state index contributed by atoms with van der Waals surface area (Å²) in [6, 6.07) is 20.0. The molecular weight excluding hydrogens is 280 g/mol. The quantitative estimate of drug-likeness (QED) is 0.514. The molecular formula is C11H16Si2Zr. The molecule has 0 fully saturated rings. The van der Waals surface area contributed by atoms with Crippen molar-refractivity contribution in [3.8, 4) is 0 Å². The summed E-state index contributed by atoms with van der Waals surface area (Å²) >= 11 is 1.80. The fourth-order valence-electron chi connectivity index (χ4n) is 0.642. The molecule has 0 saturated heterocycles. The molecule has 0 radical (unpaired) electrons. The molecule has 0 aliphatic heterocycles. The van der Waals surface area contributed by atoms with Crippen LogP contribution in [0.2, 0.25) is 6.55 Å². The molecule has 0 unspecified atom stereocenters. The molecule has 0 N–H and O–H groups in total. The van der Waals surface area contributed by atoms with Crippen molar-refractivity contribution in [3.63, 3.8) is 0 Å². The van der Waals surface area contributed by atoms with E-state index in [4.69, 9.17) is 0 Å². The van der Waals surface area contributed by atoms with Gasteiger partial charge in [-0.1, -0.05) is 0 Å². The number of hydrogen-bond acceptors (Lipinski definition) is 0. The Hall–Kier alpha value is 0.0169. The van der Waals surface area contributed by atoms with Crippen LogP contribution in [0.4, 0.5) is 0 Å². The first-order valence-corrected chi connectivity index (χ1v) is 13.8. The van der Waals surface area contributed by atoms with Crippen molar-refractivity contribution < 1.29 is 23.3 Å². The van der Waals surface area contributed by atoms with Gasteiger partial charge in [-0.05, 0) is 0 Å². The Balaban J connectivity index is 0.000000183. The third-order valence-electron chi connectivity index (χ3n) is 1.11. The monoisotopic (exact) mass is 294 g/mol. The molecule has 0 bridgehead atoms. The molecule has 0 heterocycles. The third-order valence-corrected chi connectivity index (χ3v) is 1.11. The predicted molar refractivity (Wildman–Crippen MR) is 65.6 cm³/mol. The average molecular weight is 296 g/mol. The van der Waals surface area contributed by atoms with Crippen molar-refractivity contribution in [3.05, 3.63) is 60.7 Å². The van der Waals surface area contributed by atoms with Gasteiger partial charge in [0.1, 0.15) is 0 Å². The van der Waals surface area contributed by atoms with Gasteiger partial charge in [0.05, 0.1) is 0 Å². The number of rotatable bonds is 0. The van der Waals surface area contributed by atoms with Gasteiger partial charge < -0.3 is 0 Å². The summed E-state index contributed by atoms with van der Waals surface area (Å²) in [6.45, 7) is 2.37. The minimum atomic E-state index is 0.349. The van der Waals surface area contributed by atoms with Crippen molar-refractivity contribution >= 4 is 14.7 Å². The van der Waals surface area contributed by atoms with Crippen LogP contribution < -0.4 is 0 Å². The van der Waals surface area contributed by atoms with E-state index in [0.717, 1.165) is 0 Å². The van der Waals surface area contributed by atoms with E-state index in [0.29, 0.717) is 4.95 Å². The van der Waals surface area contributed by atoms with Gasteiger partial charge in [0.25, 0.3) is 0 Å². The van der Waals surface area contributed by atoms with Gasteiger partial charge in [-0.15, -0.1) is 0 Å². The molecule has 2 rings (SSSR count). The third kappa shape index (κ3) is 14.5. The number of hydrogen-bond donors (Lipinski definition) is 0. The molecule has 0 nitrogen and oxygen atoms in total. The van der Waals surface area contributed by atoms with Crippen LogP contribution in [-0.2, 0) is 23.3 Å². The second-order valence-corrected chi connectivity index (χ2v) is 24.2. The fourth-order valence-corrected chi connectivity index (χ4v) is 0.642. The minimum absolute atomic E-state index is 0.349. The van der Waals surface area contributed by atoms with Gasteiger partial charge >= 0.3 is 44.6 Å². The predicted octanol–water partition coefficient (Wildman–Crippen LogP) is 1.83. The molecule has 0 atom stereocenters. The molecule has 3 heteroatoms. The van der Waals surface area contributed by atoms with Gasteiger partial charge in [0.15, 0.2) is 0 Å².